The molecular weight excluding hydrogens is 460 g/mol. The SMILES string of the molecule is COc1cc(/C=C2\SC(=O)N(CCNC(=O)CNC(=O)C3CC3C)C2=O)ccc1OC(F)F. The topological polar surface area (TPSA) is 114 Å². The average molecular weight is 483 g/mol. The normalized spacial score (nSPS) is 20.9. The fraction of sp³-hybridized carbons (Fsp3) is 0.429. The fourth-order valence-electron chi connectivity index (χ4n) is 3.17. The molecule has 33 heavy (non-hydrogen) atoms. The first-order valence-corrected chi connectivity index (χ1v) is 10.9. The van der Waals surface area contributed by atoms with Crippen molar-refractivity contribution in [3.63, 3.8) is 0 Å². The van der Waals surface area contributed by atoms with E-state index in [9.17, 15) is 28.0 Å². The summed E-state index contributed by atoms with van der Waals surface area (Å²) in [7, 11) is 1.29. The van der Waals surface area contributed by atoms with E-state index in [0.717, 1.165) is 23.1 Å². The molecule has 1 saturated carbocycles. The van der Waals surface area contributed by atoms with Gasteiger partial charge in [-0.25, -0.2) is 0 Å². The maximum Gasteiger partial charge on any atom is 0.387 e. The Hall–Kier alpha value is -3.15. The number of hydrogen-bond acceptors (Lipinski definition) is 7. The Bertz CT molecular complexity index is 987. The molecule has 0 radical (unpaired) electrons. The van der Waals surface area contributed by atoms with Crippen LogP contribution in [0.15, 0.2) is 23.1 Å². The maximum atomic E-state index is 12.6. The number of nitrogens with one attached hydrogen (secondary N) is 2. The lowest BCUT2D eigenvalue weighted by molar-refractivity contribution is -0.127. The van der Waals surface area contributed by atoms with Crippen LogP contribution in [0.4, 0.5) is 13.6 Å². The molecule has 2 fully saturated rings. The Kier molecular flexibility index (Phi) is 7.90. The van der Waals surface area contributed by atoms with Crippen LogP contribution in [0.2, 0.25) is 0 Å². The second-order valence-electron chi connectivity index (χ2n) is 7.51. The summed E-state index contributed by atoms with van der Waals surface area (Å²) < 4.78 is 34.3. The molecule has 12 heteroatoms. The maximum absolute atomic E-state index is 12.6. The summed E-state index contributed by atoms with van der Waals surface area (Å²) in [6.07, 6.45) is 2.26. The number of alkyl halides is 2. The smallest absolute Gasteiger partial charge is 0.387 e. The predicted molar refractivity (Wildman–Crippen MR) is 116 cm³/mol. The van der Waals surface area contributed by atoms with E-state index in [4.69, 9.17) is 4.74 Å². The lowest BCUT2D eigenvalue weighted by atomic mass is 10.2. The Morgan fingerprint density at radius 3 is 2.64 bits per heavy atom. The van der Waals surface area contributed by atoms with Crippen LogP contribution in [-0.2, 0) is 14.4 Å². The summed E-state index contributed by atoms with van der Waals surface area (Å²) >= 11 is 0.725. The number of halogens is 2. The molecule has 1 aromatic rings. The zero-order valence-electron chi connectivity index (χ0n) is 17.9. The molecule has 0 bridgehead atoms. The highest BCUT2D eigenvalue weighted by molar-refractivity contribution is 8.18. The van der Waals surface area contributed by atoms with Crippen LogP contribution in [0.3, 0.4) is 0 Å². The third-order valence-electron chi connectivity index (χ3n) is 5.10. The molecule has 0 aromatic heterocycles. The summed E-state index contributed by atoms with van der Waals surface area (Å²) in [5.74, 6) is -0.915. The minimum atomic E-state index is -3.01. The lowest BCUT2D eigenvalue weighted by Crippen LogP contribution is -2.41. The third kappa shape index (κ3) is 6.44. The molecule has 4 amide bonds. The molecule has 0 spiro atoms. The van der Waals surface area contributed by atoms with E-state index in [-0.39, 0.29) is 47.9 Å². The highest BCUT2D eigenvalue weighted by Crippen LogP contribution is 2.37. The largest absolute Gasteiger partial charge is 0.493 e. The van der Waals surface area contributed by atoms with Gasteiger partial charge in [0.2, 0.25) is 11.8 Å². The first-order valence-electron chi connectivity index (χ1n) is 10.1. The summed E-state index contributed by atoms with van der Waals surface area (Å²) in [6, 6.07) is 4.13. The number of nitrogens with zero attached hydrogens (tertiary/aromatic N) is 1. The van der Waals surface area contributed by atoms with Crippen molar-refractivity contribution in [2.75, 3.05) is 26.7 Å². The van der Waals surface area contributed by atoms with Gasteiger partial charge >= 0.3 is 6.61 Å². The van der Waals surface area contributed by atoms with Gasteiger partial charge in [0.15, 0.2) is 11.5 Å². The molecule has 2 aliphatic rings. The second-order valence-corrected chi connectivity index (χ2v) is 8.50. The van der Waals surface area contributed by atoms with Gasteiger partial charge in [0.05, 0.1) is 18.6 Å². The number of hydrogen-bond donors (Lipinski definition) is 2. The summed E-state index contributed by atoms with van der Waals surface area (Å²) in [6.45, 7) is -1.22. The van der Waals surface area contributed by atoms with Gasteiger partial charge in [0.25, 0.3) is 11.1 Å². The molecule has 2 N–H and O–H groups in total. The van der Waals surface area contributed by atoms with E-state index in [1.807, 2.05) is 6.92 Å². The molecule has 1 heterocycles. The number of methoxy groups -OCH3 is 1. The van der Waals surface area contributed by atoms with Crippen molar-refractivity contribution in [2.45, 2.75) is 20.0 Å². The van der Waals surface area contributed by atoms with E-state index in [0.29, 0.717) is 11.5 Å². The first-order chi connectivity index (χ1) is 15.7. The lowest BCUT2D eigenvalue weighted by Gasteiger charge is -2.13. The van der Waals surface area contributed by atoms with Crippen molar-refractivity contribution in [1.82, 2.24) is 15.5 Å². The van der Waals surface area contributed by atoms with Gasteiger partial charge in [-0.05, 0) is 47.9 Å². The quantitative estimate of drug-likeness (QED) is 0.491. The van der Waals surface area contributed by atoms with Gasteiger partial charge in [0, 0.05) is 19.0 Å². The summed E-state index contributed by atoms with van der Waals surface area (Å²) in [5.41, 5.74) is 0.452. The van der Waals surface area contributed by atoms with Crippen LogP contribution < -0.4 is 20.1 Å². The van der Waals surface area contributed by atoms with Gasteiger partial charge in [-0.1, -0.05) is 13.0 Å². The van der Waals surface area contributed by atoms with Crippen LogP contribution in [0, 0.1) is 11.8 Å². The molecule has 1 aromatic carbocycles. The van der Waals surface area contributed by atoms with Crippen molar-refractivity contribution >= 4 is 40.8 Å². The van der Waals surface area contributed by atoms with Crippen LogP contribution in [-0.4, -0.2) is 61.2 Å². The van der Waals surface area contributed by atoms with E-state index < -0.39 is 23.7 Å². The number of carbonyl (C=O) groups is 4. The molecule has 2 atom stereocenters. The summed E-state index contributed by atoms with van der Waals surface area (Å²) in [5, 5.41) is 4.62. The van der Waals surface area contributed by atoms with Crippen molar-refractivity contribution in [3.05, 3.63) is 28.7 Å². The van der Waals surface area contributed by atoms with Gasteiger partial charge < -0.3 is 20.1 Å². The zero-order valence-corrected chi connectivity index (χ0v) is 18.7. The molecule has 2 unspecified atom stereocenters. The van der Waals surface area contributed by atoms with Crippen LogP contribution in [0.5, 0.6) is 11.5 Å². The first kappa shape index (κ1) is 24.5. The molecule has 1 aliphatic heterocycles. The van der Waals surface area contributed by atoms with Crippen LogP contribution in [0.1, 0.15) is 18.9 Å². The predicted octanol–water partition coefficient (Wildman–Crippen LogP) is 2.22. The number of carbonyl (C=O) groups excluding carboxylic acids is 4. The molecule has 1 aliphatic carbocycles. The fourth-order valence-corrected chi connectivity index (χ4v) is 4.03. The minimum absolute atomic E-state index is 0.0344. The van der Waals surface area contributed by atoms with Gasteiger partial charge in [-0.15, -0.1) is 0 Å². The van der Waals surface area contributed by atoms with Crippen molar-refractivity contribution in [2.24, 2.45) is 11.8 Å². The van der Waals surface area contributed by atoms with E-state index >= 15 is 0 Å². The number of ether oxygens (including phenoxy) is 2. The number of amides is 4. The number of rotatable bonds is 10. The number of imide groups is 1. The van der Waals surface area contributed by atoms with Crippen molar-refractivity contribution in [3.8, 4) is 11.5 Å². The van der Waals surface area contributed by atoms with E-state index in [2.05, 4.69) is 15.4 Å². The Labute approximate surface area is 192 Å². The van der Waals surface area contributed by atoms with Crippen molar-refractivity contribution in [1.29, 1.82) is 0 Å². The molecule has 178 valence electrons. The monoisotopic (exact) mass is 483 g/mol. The zero-order chi connectivity index (χ0) is 24.1. The van der Waals surface area contributed by atoms with Crippen LogP contribution >= 0.6 is 11.8 Å². The highest BCUT2D eigenvalue weighted by atomic mass is 32.2. The highest BCUT2D eigenvalue weighted by Gasteiger charge is 2.39. The second kappa shape index (κ2) is 10.6. The molecular formula is C21H23F2N3O6S. The molecule has 3 rings (SSSR count). The van der Waals surface area contributed by atoms with Gasteiger partial charge in [0.1, 0.15) is 0 Å². The minimum Gasteiger partial charge on any atom is -0.493 e. The Morgan fingerprint density at radius 1 is 1.27 bits per heavy atom. The molecule has 9 nitrogen and oxygen atoms in total. The average Bonchev–Trinajstić information content (AvgIpc) is 3.44. The molecule has 1 saturated heterocycles. The van der Waals surface area contributed by atoms with E-state index in [1.165, 1.54) is 31.4 Å². The third-order valence-corrected chi connectivity index (χ3v) is 6.01. The Balaban J connectivity index is 1.52. The number of thioether (sulfide) groups is 1. The standard InChI is InChI=1S/C21H23F2N3O6S/c1-11-7-13(11)18(28)25-10-17(27)24-5-6-26-19(29)16(33-21(26)30)9-12-3-4-14(32-20(22)23)15(8-12)31-2/h3-4,8-9,11,13,20H,5-7,10H2,1-2H3,(H,24,27)(H,25,28)/b16-9-. The van der Waals surface area contributed by atoms with Gasteiger partial charge in [-0.3, -0.25) is 24.1 Å². The van der Waals surface area contributed by atoms with Crippen molar-refractivity contribution < 1.29 is 37.4 Å². The van der Waals surface area contributed by atoms with Crippen LogP contribution in [0.25, 0.3) is 6.08 Å². The van der Waals surface area contributed by atoms with Gasteiger partial charge in [-0.2, -0.15) is 8.78 Å². The number of benzene rings is 1. The van der Waals surface area contributed by atoms with E-state index in [1.54, 1.807) is 0 Å². The summed E-state index contributed by atoms with van der Waals surface area (Å²) in [4.78, 5) is 49.5. The Morgan fingerprint density at radius 2 is 2.00 bits per heavy atom.